The van der Waals surface area contributed by atoms with Crippen LogP contribution in [0.4, 0.5) is 0 Å². The van der Waals surface area contributed by atoms with Crippen molar-refractivity contribution in [1.29, 1.82) is 0 Å². The molecule has 1 unspecified atom stereocenters. The molecule has 0 aliphatic rings. The van der Waals surface area contributed by atoms with Crippen LogP contribution < -0.4 is 0 Å². The molecule has 0 aliphatic heterocycles. The minimum atomic E-state index is -2.53. The molecular weight excluding hydrogens is 242 g/mol. The molecule has 0 aromatic heterocycles. The lowest BCUT2D eigenvalue weighted by molar-refractivity contribution is -0.554. The quantitative estimate of drug-likeness (QED) is 0.572. The number of hydrogen-bond donors (Lipinski definition) is 2. The Morgan fingerprint density at radius 2 is 1.78 bits per heavy atom. The molecule has 7 nitrogen and oxygen atoms in total. The first-order chi connectivity index (χ1) is 8.38. The largest absolute Gasteiger partial charge is 0.481 e. The number of rotatable bonds is 6. The molecule has 0 aliphatic carbocycles. The fourth-order valence-electron chi connectivity index (χ4n) is 1.60. The lowest BCUT2D eigenvalue weighted by Crippen LogP contribution is -2.50. The molecule has 7 heteroatoms. The van der Waals surface area contributed by atoms with Crippen LogP contribution in [0.1, 0.15) is 12.0 Å². The maximum atomic E-state index is 11.1. The molecular formula is C11H11NO6. The zero-order chi connectivity index (χ0) is 13.8. The van der Waals surface area contributed by atoms with Crippen molar-refractivity contribution < 1.29 is 24.7 Å². The van der Waals surface area contributed by atoms with Gasteiger partial charge < -0.3 is 10.2 Å². The highest BCUT2D eigenvalue weighted by atomic mass is 16.6. The van der Waals surface area contributed by atoms with Crippen molar-refractivity contribution in [2.24, 2.45) is 0 Å². The van der Waals surface area contributed by atoms with Gasteiger partial charge in [-0.05, 0) is 5.56 Å². The summed E-state index contributed by atoms with van der Waals surface area (Å²) in [6.45, 7) is 0. The van der Waals surface area contributed by atoms with Gasteiger partial charge in [-0.1, -0.05) is 30.3 Å². The van der Waals surface area contributed by atoms with E-state index in [-0.39, 0.29) is 0 Å². The third-order valence-electron chi connectivity index (χ3n) is 2.53. The molecule has 0 saturated carbocycles. The third kappa shape index (κ3) is 2.82. The maximum absolute atomic E-state index is 11.1. The molecule has 0 saturated heterocycles. The zero-order valence-corrected chi connectivity index (χ0v) is 9.28. The highest BCUT2D eigenvalue weighted by Gasteiger charge is 2.53. The Bertz CT molecular complexity index is 456. The monoisotopic (exact) mass is 253 g/mol. The summed E-state index contributed by atoms with van der Waals surface area (Å²) in [5.41, 5.74) is -2.13. The van der Waals surface area contributed by atoms with Gasteiger partial charge in [0.1, 0.15) is 6.42 Å². The predicted molar refractivity (Wildman–Crippen MR) is 59.8 cm³/mol. The number of aliphatic carboxylic acids is 2. The summed E-state index contributed by atoms with van der Waals surface area (Å²) in [6, 6.07) is 7.91. The topological polar surface area (TPSA) is 118 Å². The molecule has 1 aromatic rings. The van der Waals surface area contributed by atoms with E-state index in [1.807, 2.05) is 0 Å². The van der Waals surface area contributed by atoms with E-state index in [0.717, 1.165) is 0 Å². The van der Waals surface area contributed by atoms with Crippen molar-refractivity contribution in [1.82, 2.24) is 0 Å². The van der Waals surface area contributed by atoms with Crippen LogP contribution >= 0.6 is 0 Å². The second-order valence-corrected chi connectivity index (χ2v) is 3.83. The second-order valence-electron chi connectivity index (χ2n) is 3.83. The molecule has 0 amide bonds. The van der Waals surface area contributed by atoms with Crippen LogP contribution in [0.3, 0.4) is 0 Å². The van der Waals surface area contributed by atoms with Gasteiger partial charge in [0.15, 0.2) is 0 Å². The van der Waals surface area contributed by atoms with Gasteiger partial charge >= 0.3 is 17.5 Å². The van der Waals surface area contributed by atoms with E-state index < -0.39 is 35.2 Å². The average Bonchev–Trinajstić information content (AvgIpc) is 2.28. The van der Waals surface area contributed by atoms with E-state index in [0.29, 0.717) is 5.56 Å². The molecule has 1 aromatic carbocycles. The van der Waals surface area contributed by atoms with Gasteiger partial charge in [-0.15, -0.1) is 0 Å². The summed E-state index contributed by atoms with van der Waals surface area (Å²) in [7, 11) is 0. The van der Waals surface area contributed by atoms with Crippen molar-refractivity contribution in [2.45, 2.75) is 18.4 Å². The minimum absolute atomic E-state index is 0.401. The molecule has 1 rings (SSSR count). The van der Waals surface area contributed by atoms with Crippen LogP contribution in [-0.2, 0) is 16.0 Å². The number of nitro groups is 1. The van der Waals surface area contributed by atoms with Gasteiger partial charge in [0.25, 0.3) is 0 Å². The van der Waals surface area contributed by atoms with Gasteiger partial charge in [0.2, 0.25) is 0 Å². The van der Waals surface area contributed by atoms with E-state index in [2.05, 4.69) is 0 Å². The van der Waals surface area contributed by atoms with Crippen LogP contribution in [0.2, 0.25) is 0 Å². The molecule has 0 fully saturated rings. The first-order valence-corrected chi connectivity index (χ1v) is 5.02. The van der Waals surface area contributed by atoms with Crippen LogP contribution in [0.5, 0.6) is 0 Å². The minimum Gasteiger partial charge on any atom is -0.481 e. The summed E-state index contributed by atoms with van der Waals surface area (Å²) < 4.78 is 0. The van der Waals surface area contributed by atoms with E-state index in [4.69, 9.17) is 10.2 Å². The Morgan fingerprint density at radius 3 is 2.17 bits per heavy atom. The van der Waals surface area contributed by atoms with Crippen molar-refractivity contribution in [3.05, 3.63) is 46.0 Å². The van der Waals surface area contributed by atoms with Gasteiger partial charge in [-0.3, -0.25) is 14.9 Å². The number of benzene rings is 1. The molecule has 0 bridgehead atoms. The van der Waals surface area contributed by atoms with E-state index >= 15 is 0 Å². The van der Waals surface area contributed by atoms with Crippen LogP contribution in [-0.4, -0.2) is 32.6 Å². The Kier molecular flexibility index (Phi) is 3.98. The normalized spacial score (nSPS) is 13.6. The van der Waals surface area contributed by atoms with Crippen LogP contribution in [0.15, 0.2) is 30.3 Å². The molecule has 0 spiro atoms. The Labute approximate surface area is 102 Å². The van der Waals surface area contributed by atoms with Crippen LogP contribution in [0.25, 0.3) is 0 Å². The molecule has 1 atom stereocenters. The van der Waals surface area contributed by atoms with Gasteiger partial charge in [0.05, 0.1) is 6.42 Å². The van der Waals surface area contributed by atoms with Crippen molar-refractivity contribution in [3.8, 4) is 0 Å². The van der Waals surface area contributed by atoms with Crippen molar-refractivity contribution in [2.75, 3.05) is 0 Å². The van der Waals surface area contributed by atoms with E-state index in [1.165, 1.54) is 12.1 Å². The molecule has 18 heavy (non-hydrogen) atoms. The zero-order valence-electron chi connectivity index (χ0n) is 9.28. The number of nitrogens with zero attached hydrogens (tertiary/aromatic N) is 1. The highest BCUT2D eigenvalue weighted by Crippen LogP contribution is 2.22. The lowest BCUT2D eigenvalue weighted by atomic mass is 9.88. The summed E-state index contributed by atoms with van der Waals surface area (Å²) in [5, 5.41) is 28.6. The van der Waals surface area contributed by atoms with E-state index in [9.17, 15) is 19.7 Å². The number of carboxylic acids is 2. The molecule has 2 N–H and O–H groups in total. The lowest BCUT2D eigenvalue weighted by Gasteiger charge is -2.19. The molecule has 96 valence electrons. The van der Waals surface area contributed by atoms with Gasteiger partial charge in [-0.2, -0.15) is 0 Å². The fourth-order valence-corrected chi connectivity index (χ4v) is 1.60. The number of carbonyl (C=O) groups is 2. The number of hydrogen-bond acceptors (Lipinski definition) is 4. The van der Waals surface area contributed by atoms with Crippen molar-refractivity contribution in [3.63, 3.8) is 0 Å². The second kappa shape index (κ2) is 5.26. The maximum Gasteiger partial charge on any atom is 0.383 e. The average molecular weight is 253 g/mol. The third-order valence-corrected chi connectivity index (χ3v) is 2.53. The highest BCUT2D eigenvalue weighted by molar-refractivity contribution is 5.84. The van der Waals surface area contributed by atoms with Crippen molar-refractivity contribution >= 4 is 11.9 Å². The summed E-state index contributed by atoms with van der Waals surface area (Å²) in [5.74, 6) is -3.27. The van der Waals surface area contributed by atoms with E-state index in [1.54, 1.807) is 18.2 Å². The standard InChI is InChI=1S/C11H11NO6/c13-9(14)7-11(10(15)16,12(17)18)6-8-4-2-1-3-5-8/h1-5H,6-7H2,(H,13,14)(H,15,16). The Balaban J connectivity index is 3.14. The van der Waals surface area contributed by atoms with Gasteiger partial charge in [0, 0.05) is 4.92 Å². The smallest absolute Gasteiger partial charge is 0.383 e. The number of carboxylic acid groups (broad SMARTS) is 2. The first kappa shape index (κ1) is 13.6. The SMILES string of the molecule is O=C(O)CC(Cc1ccccc1)(C(=O)O)[N+](=O)[O-]. The summed E-state index contributed by atoms with van der Waals surface area (Å²) in [4.78, 5) is 31.7. The predicted octanol–water partition coefficient (Wildman–Crippen LogP) is 0.804. The van der Waals surface area contributed by atoms with Gasteiger partial charge in [-0.25, -0.2) is 4.79 Å². The Hall–Kier alpha value is -2.44. The molecule has 0 heterocycles. The fraction of sp³-hybridized carbons (Fsp3) is 0.273. The summed E-state index contributed by atoms with van der Waals surface area (Å²) >= 11 is 0. The first-order valence-electron chi connectivity index (χ1n) is 5.02. The summed E-state index contributed by atoms with van der Waals surface area (Å²) in [6.07, 6.45) is -1.54. The van der Waals surface area contributed by atoms with Crippen LogP contribution in [0, 0.1) is 10.1 Å². The molecule has 0 radical (unpaired) electrons. The Morgan fingerprint density at radius 1 is 1.22 bits per heavy atom.